The molecule has 1 aliphatic rings. The summed E-state index contributed by atoms with van der Waals surface area (Å²) in [6, 6.07) is 6.63. The minimum absolute atomic E-state index is 0.286. The zero-order chi connectivity index (χ0) is 22.6. The number of ether oxygens (including phenoxy) is 1. The van der Waals surface area contributed by atoms with E-state index in [1.165, 1.54) is 12.1 Å². The first-order valence-corrected chi connectivity index (χ1v) is 10.7. The first-order valence-electron chi connectivity index (χ1n) is 10.7. The average Bonchev–Trinajstić information content (AvgIpc) is 3.30. The van der Waals surface area contributed by atoms with Gasteiger partial charge in [0.15, 0.2) is 11.6 Å². The van der Waals surface area contributed by atoms with Gasteiger partial charge in [0.2, 0.25) is 0 Å². The fourth-order valence-electron chi connectivity index (χ4n) is 4.42. The quantitative estimate of drug-likeness (QED) is 0.481. The molecule has 1 aliphatic heterocycles. The molecule has 0 saturated heterocycles. The summed E-state index contributed by atoms with van der Waals surface area (Å²) >= 11 is 0. The number of aryl methyl sites for hydroxylation is 2. The highest BCUT2D eigenvalue weighted by Crippen LogP contribution is 2.39. The molecule has 0 unspecified atom stereocenters. The van der Waals surface area contributed by atoms with Crippen LogP contribution in [0.2, 0.25) is 0 Å². The first-order chi connectivity index (χ1) is 15.4. The molecule has 4 heterocycles. The van der Waals surface area contributed by atoms with Crippen molar-refractivity contribution >= 4 is 5.82 Å². The molecular formula is C24H25FN6O. The molecule has 0 saturated carbocycles. The third kappa shape index (κ3) is 3.14. The minimum Gasteiger partial charge on any atom is -0.482 e. The number of pyridine rings is 1. The molecule has 2 N–H and O–H groups in total. The molecule has 0 amide bonds. The van der Waals surface area contributed by atoms with Crippen LogP contribution in [0, 0.1) is 12.7 Å². The summed E-state index contributed by atoms with van der Waals surface area (Å²) in [5.41, 5.74) is 13.5. The molecule has 7 nitrogen and oxygen atoms in total. The van der Waals surface area contributed by atoms with Crippen LogP contribution in [-0.4, -0.2) is 24.5 Å². The van der Waals surface area contributed by atoms with Gasteiger partial charge in [-0.1, -0.05) is 0 Å². The van der Waals surface area contributed by atoms with E-state index < -0.39 is 6.10 Å². The minimum atomic E-state index is -0.467. The van der Waals surface area contributed by atoms with Gasteiger partial charge < -0.3 is 10.5 Å². The summed E-state index contributed by atoms with van der Waals surface area (Å²) in [6.45, 7) is 6.70. The Kier molecular flexibility index (Phi) is 4.73. The number of nitrogen functional groups attached to an aromatic ring is 1. The zero-order valence-electron chi connectivity index (χ0n) is 18.6. The molecule has 0 radical (unpaired) electrons. The monoisotopic (exact) mass is 432 g/mol. The molecule has 1 aromatic carbocycles. The SMILES string of the molecule is CCn1ncc2c1-c1cnc(N)c(c1)O[C@H](C)c1cc(F)ccc1-c1nn(C)c(C)c1C2. The van der Waals surface area contributed by atoms with Gasteiger partial charge in [-0.3, -0.25) is 9.36 Å². The third-order valence-corrected chi connectivity index (χ3v) is 6.21. The van der Waals surface area contributed by atoms with Crippen molar-refractivity contribution in [1.82, 2.24) is 24.5 Å². The molecule has 8 heteroatoms. The van der Waals surface area contributed by atoms with E-state index in [2.05, 4.69) is 17.0 Å². The van der Waals surface area contributed by atoms with Crippen LogP contribution in [0.25, 0.3) is 22.5 Å². The summed E-state index contributed by atoms with van der Waals surface area (Å²) in [5, 5.41) is 9.41. The summed E-state index contributed by atoms with van der Waals surface area (Å²) < 4.78 is 24.4. The Morgan fingerprint density at radius 2 is 2.06 bits per heavy atom. The van der Waals surface area contributed by atoms with Crippen molar-refractivity contribution in [3.63, 3.8) is 0 Å². The lowest BCUT2D eigenvalue weighted by molar-refractivity contribution is 0.227. The zero-order valence-corrected chi connectivity index (χ0v) is 18.6. The van der Waals surface area contributed by atoms with Crippen LogP contribution in [-0.2, 0) is 20.0 Å². The van der Waals surface area contributed by atoms with Gasteiger partial charge in [-0.15, -0.1) is 0 Å². The van der Waals surface area contributed by atoms with Gasteiger partial charge in [-0.05, 0) is 45.0 Å². The molecule has 164 valence electrons. The third-order valence-electron chi connectivity index (χ3n) is 6.21. The van der Waals surface area contributed by atoms with E-state index in [1.54, 1.807) is 12.3 Å². The largest absolute Gasteiger partial charge is 0.482 e. The maximum absolute atomic E-state index is 14.3. The van der Waals surface area contributed by atoms with E-state index in [9.17, 15) is 4.39 Å². The Bertz CT molecular complexity index is 1340. The Balaban J connectivity index is 1.84. The number of hydrogen-bond donors (Lipinski definition) is 1. The van der Waals surface area contributed by atoms with E-state index in [-0.39, 0.29) is 11.6 Å². The molecule has 32 heavy (non-hydrogen) atoms. The maximum Gasteiger partial charge on any atom is 0.166 e. The van der Waals surface area contributed by atoms with Crippen LogP contribution < -0.4 is 10.5 Å². The van der Waals surface area contributed by atoms with Gasteiger partial charge in [0.1, 0.15) is 11.9 Å². The van der Waals surface area contributed by atoms with Gasteiger partial charge in [0.25, 0.3) is 0 Å². The normalized spacial score (nSPS) is 15.1. The molecule has 1 atom stereocenters. The van der Waals surface area contributed by atoms with E-state index in [0.29, 0.717) is 24.3 Å². The van der Waals surface area contributed by atoms with E-state index in [0.717, 1.165) is 39.3 Å². The van der Waals surface area contributed by atoms with E-state index in [4.69, 9.17) is 15.6 Å². The van der Waals surface area contributed by atoms with Crippen LogP contribution >= 0.6 is 0 Å². The van der Waals surface area contributed by atoms with E-state index in [1.807, 2.05) is 42.5 Å². The fraction of sp³-hybridized carbons (Fsp3) is 0.292. The van der Waals surface area contributed by atoms with Gasteiger partial charge in [-0.2, -0.15) is 10.2 Å². The summed E-state index contributed by atoms with van der Waals surface area (Å²) in [5.74, 6) is 0.416. The lowest BCUT2D eigenvalue weighted by atomic mass is 9.93. The lowest BCUT2D eigenvalue weighted by Gasteiger charge is -2.21. The Labute approximate surface area is 185 Å². The summed E-state index contributed by atoms with van der Waals surface area (Å²) in [4.78, 5) is 4.38. The highest BCUT2D eigenvalue weighted by atomic mass is 19.1. The highest BCUT2D eigenvalue weighted by molar-refractivity contribution is 5.72. The number of benzene rings is 1. The predicted octanol–water partition coefficient (Wildman–Crippen LogP) is 4.44. The van der Waals surface area contributed by atoms with Crippen molar-refractivity contribution < 1.29 is 9.13 Å². The maximum atomic E-state index is 14.3. The van der Waals surface area contributed by atoms with Crippen molar-refractivity contribution in [3.8, 4) is 28.3 Å². The van der Waals surface area contributed by atoms with Crippen LogP contribution in [0.1, 0.15) is 42.3 Å². The molecule has 5 rings (SSSR count). The smallest absolute Gasteiger partial charge is 0.166 e. The number of anilines is 1. The standard InChI is InChI=1S/C24H25FN6O/c1-5-31-23-15(12-28-31)8-19-13(2)30(4)29-22(19)18-7-6-17(25)10-20(18)14(3)32-21-9-16(23)11-27-24(21)26/h6-7,9-12,14H,5,8H2,1-4H3,(H2,26,27)/t14-/m1/s1. The Morgan fingerprint density at radius 1 is 1.25 bits per heavy atom. The lowest BCUT2D eigenvalue weighted by Crippen LogP contribution is -2.10. The molecule has 0 aliphatic carbocycles. The number of rotatable bonds is 1. The van der Waals surface area contributed by atoms with Gasteiger partial charge in [0.05, 0.1) is 17.6 Å². The number of aromatic nitrogens is 5. The molecule has 0 spiro atoms. The fourth-order valence-corrected chi connectivity index (χ4v) is 4.42. The highest BCUT2D eigenvalue weighted by Gasteiger charge is 2.25. The van der Waals surface area contributed by atoms with Crippen LogP contribution in [0.5, 0.6) is 5.75 Å². The van der Waals surface area contributed by atoms with Gasteiger partial charge in [-0.25, -0.2) is 9.37 Å². The number of hydrogen-bond acceptors (Lipinski definition) is 5. The Hall–Kier alpha value is -3.68. The second-order valence-electron chi connectivity index (χ2n) is 8.15. The van der Waals surface area contributed by atoms with Crippen molar-refractivity contribution in [1.29, 1.82) is 0 Å². The molecule has 2 bridgehead atoms. The molecule has 0 fully saturated rings. The second-order valence-corrected chi connectivity index (χ2v) is 8.15. The summed E-state index contributed by atoms with van der Waals surface area (Å²) in [6.07, 6.45) is 3.81. The number of nitrogens with zero attached hydrogens (tertiary/aromatic N) is 5. The van der Waals surface area contributed by atoms with Crippen molar-refractivity contribution in [2.45, 2.75) is 39.8 Å². The van der Waals surface area contributed by atoms with Crippen LogP contribution in [0.4, 0.5) is 10.2 Å². The number of nitrogens with two attached hydrogens (primary N) is 1. The van der Waals surface area contributed by atoms with Crippen molar-refractivity contribution in [3.05, 3.63) is 64.9 Å². The average molecular weight is 433 g/mol. The van der Waals surface area contributed by atoms with Crippen molar-refractivity contribution in [2.75, 3.05) is 5.73 Å². The molecule has 4 aromatic rings. The topological polar surface area (TPSA) is 83.8 Å². The van der Waals surface area contributed by atoms with Gasteiger partial charge in [0, 0.05) is 59.7 Å². The van der Waals surface area contributed by atoms with Crippen LogP contribution in [0.3, 0.4) is 0 Å². The Morgan fingerprint density at radius 3 is 2.84 bits per heavy atom. The van der Waals surface area contributed by atoms with E-state index >= 15 is 0 Å². The van der Waals surface area contributed by atoms with Gasteiger partial charge >= 0.3 is 0 Å². The first kappa shape index (κ1) is 20.2. The summed E-state index contributed by atoms with van der Waals surface area (Å²) in [7, 11) is 1.92. The molecule has 3 aromatic heterocycles. The second kappa shape index (κ2) is 7.47. The predicted molar refractivity (Wildman–Crippen MR) is 121 cm³/mol. The van der Waals surface area contributed by atoms with Crippen LogP contribution in [0.15, 0.2) is 36.7 Å². The number of fused-ring (bicyclic) bond motifs is 7. The number of halogens is 1. The van der Waals surface area contributed by atoms with Crippen molar-refractivity contribution in [2.24, 2.45) is 7.05 Å². The molecular weight excluding hydrogens is 407 g/mol.